The lowest BCUT2D eigenvalue weighted by Gasteiger charge is -2.17. The van der Waals surface area contributed by atoms with Gasteiger partial charge in [0, 0.05) is 28.0 Å². The summed E-state index contributed by atoms with van der Waals surface area (Å²) in [5.74, 6) is 0. The summed E-state index contributed by atoms with van der Waals surface area (Å²) in [5.41, 5.74) is 3.57. The molecule has 0 fully saturated rings. The third-order valence-corrected chi connectivity index (χ3v) is 6.45. The van der Waals surface area contributed by atoms with Crippen LogP contribution in [-0.2, 0) is 6.54 Å². The summed E-state index contributed by atoms with van der Waals surface area (Å²) in [4.78, 5) is 3.63. The van der Waals surface area contributed by atoms with E-state index in [4.69, 9.17) is 0 Å². The number of aliphatic hydroxyl groups is 1. The van der Waals surface area contributed by atoms with Crippen molar-refractivity contribution in [3.8, 4) is 0 Å². The fourth-order valence-electron chi connectivity index (χ4n) is 3.52. The van der Waals surface area contributed by atoms with E-state index in [9.17, 15) is 5.11 Å². The molecule has 3 nitrogen and oxygen atoms in total. The summed E-state index contributed by atoms with van der Waals surface area (Å²) in [7, 11) is 0. The molecule has 0 spiro atoms. The van der Waals surface area contributed by atoms with Crippen molar-refractivity contribution in [2.45, 2.75) is 25.8 Å². The zero-order valence-corrected chi connectivity index (χ0v) is 20.0. The summed E-state index contributed by atoms with van der Waals surface area (Å²) in [5, 5.41) is 11.7. The average Bonchev–Trinajstić information content (AvgIpc) is 3.06. The topological polar surface area (TPSA) is 27.4 Å². The summed E-state index contributed by atoms with van der Waals surface area (Å²) in [6, 6.07) is 16.9. The molecular formula is C24H26Br2N2OS. The number of anilines is 1. The molecule has 2 aromatic carbocycles. The summed E-state index contributed by atoms with van der Waals surface area (Å²) < 4.78 is 3.19. The number of rotatable bonds is 5. The van der Waals surface area contributed by atoms with E-state index in [2.05, 4.69) is 93.0 Å². The number of aromatic nitrogens is 1. The van der Waals surface area contributed by atoms with Gasteiger partial charge >= 0.3 is 0 Å². The maximum atomic E-state index is 9.30. The number of pyridine rings is 1. The van der Waals surface area contributed by atoms with Gasteiger partial charge in [-0.2, -0.15) is 4.57 Å². The lowest BCUT2D eigenvalue weighted by Crippen LogP contribution is -3.00. The molecule has 30 heavy (non-hydrogen) atoms. The minimum atomic E-state index is 0. The first-order valence-corrected chi connectivity index (χ1v) is 11.0. The number of halogens is 2. The minimum absolute atomic E-state index is 0. The van der Waals surface area contributed by atoms with Gasteiger partial charge in [0.1, 0.15) is 6.61 Å². The van der Waals surface area contributed by atoms with E-state index in [-0.39, 0.29) is 31.0 Å². The van der Waals surface area contributed by atoms with Gasteiger partial charge in [0.15, 0.2) is 12.7 Å². The van der Waals surface area contributed by atoms with Crippen LogP contribution in [0.15, 0.2) is 81.3 Å². The second-order valence-corrected chi connectivity index (χ2v) is 8.51. The van der Waals surface area contributed by atoms with Crippen LogP contribution in [-0.4, -0.2) is 18.3 Å². The number of para-hydroxylation sites is 1. The predicted octanol–water partition coefficient (Wildman–Crippen LogP) is 3.01. The van der Waals surface area contributed by atoms with Gasteiger partial charge in [-0.05, 0) is 42.8 Å². The number of hydrogen-bond donors (Lipinski definition) is 1. The van der Waals surface area contributed by atoms with E-state index >= 15 is 0 Å². The molecule has 158 valence electrons. The van der Waals surface area contributed by atoms with E-state index in [1.165, 1.54) is 26.6 Å². The smallest absolute Gasteiger partial charge is 0.213 e. The van der Waals surface area contributed by atoms with Gasteiger partial charge in [0.25, 0.3) is 0 Å². The fourth-order valence-corrected chi connectivity index (χ4v) is 4.98. The minimum Gasteiger partial charge on any atom is -1.00 e. The third-order valence-electron chi connectivity index (χ3n) is 4.82. The van der Waals surface area contributed by atoms with Gasteiger partial charge in [-0.15, -0.1) is 0 Å². The van der Waals surface area contributed by atoms with Gasteiger partial charge in [0.2, 0.25) is 5.52 Å². The molecule has 1 aliphatic heterocycles. The van der Waals surface area contributed by atoms with Gasteiger partial charge in [-0.3, -0.25) is 0 Å². The van der Waals surface area contributed by atoms with Crippen LogP contribution in [0.25, 0.3) is 17.0 Å². The zero-order valence-electron chi connectivity index (χ0n) is 16.1. The fraction of sp³-hybridized carbons (Fsp3) is 0.208. The second-order valence-electron chi connectivity index (χ2n) is 6.53. The Labute approximate surface area is 202 Å². The molecule has 0 radical (unpaired) electrons. The van der Waals surface area contributed by atoms with Gasteiger partial charge in [0.05, 0.1) is 16.1 Å². The molecule has 1 N–H and O–H groups in total. The first-order chi connectivity index (χ1) is 13.7. The second kappa shape index (κ2) is 11.1. The highest BCUT2D eigenvalue weighted by Crippen LogP contribution is 2.46. The number of hydrogen-bond acceptors (Lipinski definition) is 3. The Hall–Kier alpha value is -1.60. The highest BCUT2D eigenvalue weighted by atomic mass is 79.9. The van der Waals surface area contributed by atoms with Crippen molar-refractivity contribution in [1.82, 2.24) is 0 Å². The lowest BCUT2D eigenvalue weighted by atomic mass is 10.1. The Morgan fingerprint density at radius 1 is 1.17 bits per heavy atom. The molecule has 3 aromatic rings. The monoisotopic (exact) mass is 548 g/mol. The summed E-state index contributed by atoms with van der Waals surface area (Å²) >= 11 is 5.39. The van der Waals surface area contributed by atoms with Crippen LogP contribution in [0.3, 0.4) is 0 Å². The van der Waals surface area contributed by atoms with E-state index in [1.54, 1.807) is 0 Å². The SMILES string of the molecule is C.CCN1C(=CC=Cc2cc[n+](CCO)c3ccccc23)Sc2ccc(Br)cc21.[Br-]. The molecule has 0 aliphatic carbocycles. The Morgan fingerprint density at radius 3 is 2.73 bits per heavy atom. The molecule has 0 saturated heterocycles. The van der Waals surface area contributed by atoms with Crippen LogP contribution >= 0.6 is 27.7 Å². The number of fused-ring (bicyclic) bond motifs is 2. The lowest BCUT2D eigenvalue weighted by molar-refractivity contribution is -0.672. The van der Waals surface area contributed by atoms with Crippen LogP contribution in [0.2, 0.25) is 0 Å². The van der Waals surface area contributed by atoms with Crippen molar-refractivity contribution in [3.05, 3.63) is 81.9 Å². The quantitative estimate of drug-likeness (QED) is 0.496. The Bertz CT molecular complexity index is 1080. The van der Waals surface area contributed by atoms with Crippen molar-refractivity contribution in [1.29, 1.82) is 0 Å². The number of nitrogens with zero attached hydrogens (tertiary/aromatic N) is 2. The van der Waals surface area contributed by atoms with E-state index < -0.39 is 0 Å². The van der Waals surface area contributed by atoms with Crippen molar-refractivity contribution >= 4 is 50.4 Å². The number of thioether (sulfide) groups is 1. The molecule has 1 aliphatic rings. The highest BCUT2D eigenvalue weighted by Gasteiger charge is 2.23. The maximum absolute atomic E-state index is 9.30. The predicted molar refractivity (Wildman–Crippen MR) is 128 cm³/mol. The van der Waals surface area contributed by atoms with Gasteiger partial charge in [-0.25, -0.2) is 0 Å². The molecule has 0 unspecified atom stereocenters. The largest absolute Gasteiger partial charge is 1.00 e. The normalized spacial score (nSPS) is 14.1. The average molecular weight is 550 g/mol. The molecule has 0 amide bonds. The third kappa shape index (κ3) is 4.99. The first kappa shape index (κ1) is 24.7. The van der Waals surface area contributed by atoms with E-state index in [0.717, 1.165) is 16.5 Å². The van der Waals surface area contributed by atoms with Crippen molar-refractivity contribution in [2.24, 2.45) is 0 Å². The van der Waals surface area contributed by atoms with Gasteiger partial charge < -0.3 is 27.0 Å². The van der Waals surface area contributed by atoms with Gasteiger partial charge in [-0.1, -0.05) is 59.4 Å². The van der Waals surface area contributed by atoms with Crippen molar-refractivity contribution in [2.75, 3.05) is 18.1 Å². The number of benzene rings is 2. The Balaban J connectivity index is 0.00000160. The van der Waals surface area contributed by atoms with Crippen LogP contribution in [0.1, 0.15) is 19.9 Å². The highest BCUT2D eigenvalue weighted by molar-refractivity contribution is 9.10. The Morgan fingerprint density at radius 2 is 1.97 bits per heavy atom. The molecule has 1 aromatic heterocycles. The van der Waals surface area contributed by atoms with Crippen LogP contribution in [0.5, 0.6) is 0 Å². The molecule has 0 saturated carbocycles. The van der Waals surface area contributed by atoms with Crippen molar-refractivity contribution < 1.29 is 26.7 Å². The van der Waals surface area contributed by atoms with E-state index in [1.807, 2.05) is 24.0 Å². The standard InChI is InChI=1S/C23H22BrN2OS.CH4.BrH/c1-2-26-21-16-18(24)10-11-22(21)28-23(26)9-5-6-17-12-13-25(14-15-27)20-8-4-3-7-19(17)20;;/h3-13,16,27H,2,14-15H2,1H3;1H4;1H/q+1;;/p-1. The molecule has 4 rings (SSSR count). The van der Waals surface area contributed by atoms with Crippen molar-refractivity contribution in [3.63, 3.8) is 0 Å². The van der Waals surface area contributed by atoms with Crippen LogP contribution < -0.4 is 26.4 Å². The first-order valence-electron chi connectivity index (χ1n) is 9.36. The Kier molecular flexibility index (Phi) is 9.16. The molecular weight excluding hydrogens is 524 g/mol. The van der Waals surface area contributed by atoms with E-state index in [0.29, 0.717) is 6.54 Å². The summed E-state index contributed by atoms with van der Waals surface area (Å²) in [6.45, 7) is 3.85. The molecule has 6 heteroatoms. The summed E-state index contributed by atoms with van der Waals surface area (Å²) in [6.07, 6.45) is 8.52. The maximum Gasteiger partial charge on any atom is 0.213 e. The molecule has 0 bridgehead atoms. The molecule has 2 heterocycles. The van der Waals surface area contributed by atoms with Crippen LogP contribution in [0.4, 0.5) is 5.69 Å². The van der Waals surface area contributed by atoms with Crippen LogP contribution in [0, 0.1) is 0 Å². The number of allylic oxidation sites excluding steroid dienone is 2. The molecule has 0 atom stereocenters. The number of aliphatic hydroxyl groups excluding tert-OH is 1. The zero-order chi connectivity index (χ0) is 19.5.